The fraction of sp³-hybridized carbons (Fsp3) is 0.0909. The second-order valence-electron chi connectivity index (χ2n) is 6.75. The molecular formula is C22H19N5O2. The molecule has 0 saturated heterocycles. The Labute approximate surface area is 167 Å². The SMILES string of the molecule is CN(C)c1ccc(N=Nc2ccccc2)c(-c2cc(O)c3nc[nH]c(=O)c3c2)c1. The van der Waals surface area contributed by atoms with Gasteiger partial charge in [0.1, 0.15) is 11.3 Å². The molecule has 0 aliphatic rings. The number of aromatic hydroxyl groups is 1. The van der Waals surface area contributed by atoms with Crippen LogP contribution in [0.25, 0.3) is 22.0 Å². The van der Waals surface area contributed by atoms with E-state index in [2.05, 4.69) is 20.2 Å². The highest BCUT2D eigenvalue weighted by Gasteiger charge is 2.13. The van der Waals surface area contributed by atoms with Gasteiger partial charge in [-0.05, 0) is 48.0 Å². The highest BCUT2D eigenvalue weighted by molar-refractivity contribution is 5.91. The number of benzene rings is 3. The monoisotopic (exact) mass is 385 g/mol. The van der Waals surface area contributed by atoms with Gasteiger partial charge in [0, 0.05) is 25.3 Å². The number of aromatic amines is 1. The molecule has 0 atom stereocenters. The third kappa shape index (κ3) is 3.70. The lowest BCUT2D eigenvalue weighted by Gasteiger charge is -2.15. The largest absolute Gasteiger partial charge is 0.506 e. The molecule has 3 aromatic carbocycles. The van der Waals surface area contributed by atoms with Crippen LogP contribution in [0.3, 0.4) is 0 Å². The number of fused-ring (bicyclic) bond motifs is 1. The van der Waals surface area contributed by atoms with Gasteiger partial charge < -0.3 is 15.0 Å². The average Bonchev–Trinajstić information content (AvgIpc) is 2.73. The van der Waals surface area contributed by atoms with Gasteiger partial charge in [-0.15, -0.1) is 5.11 Å². The maximum absolute atomic E-state index is 12.2. The molecule has 1 heterocycles. The van der Waals surface area contributed by atoms with Gasteiger partial charge in [-0.3, -0.25) is 4.79 Å². The summed E-state index contributed by atoms with van der Waals surface area (Å²) in [5.74, 6) is -0.0650. The molecule has 0 fully saturated rings. The van der Waals surface area contributed by atoms with Gasteiger partial charge >= 0.3 is 0 Å². The number of hydrogen-bond donors (Lipinski definition) is 2. The molecule has 0 spiro atoms. The van der Waals surface area contributed by atoms with E-state index in [4.69, 9.17) is 0 Å². The number of hydrogen-bond acceptors (Lipinski definition) is 6. The number of H-pyrrole nitrogens is 1. The Morgan fingerprint density at radius 2 is 1.79 bits per heavy atom. The van der Waals surface area contributed by atoms with Gasteiger partial charge in [-0.1, -0.05) is 18.2 Å². The van der Waals surface area contributed by atoms with Crippen LogP contribution in [0.5, 0.6) is 5.75 Å². The minimum absolute atomic E-state index is 0.0650. The third-order valence-corrected chi connectivity index (χ3v) is 4.56. The van der Waals surface area contributed by atoms with Crippen LogP contribution in [-0.4, -0.2) is 29.2 Å². The van der Waals surface area contributed by atoms with E-state index >= 15 is 0 Å². The molecule has 2 N–H and O–H groups in total. The molecule has 29 heavy (non-hydrogen) atoms. The van der Waals surface area contributed by atoms with Crippen LogP contribution in [0.15, 0.2) is 82.0 Å². The van der Waals surface area contributed by atoms with Crippen molar-refractivity contribution in [2.24, 2.45) is 10.2 Å². The van der Waals surface area contributed by atoms with Gasteiger partial charge in [-0.2, -0.15) is 5.11 Å². The number of anilines is 1. The molecule has 0 saturated carbocycles. The molecule has 7 heteroatoms. The minimum Gasteiger partial charge on any atom is -0.506 e. The maximum atomic E-state index is 12.2. The second kappa shape index (κ2) is 7.55. The number of nitrogens with zero attached hydrogens (tertiary/aromatic N) is 4. The van der Waals surface area contributed by atoms with Crippen molar-refractivity contribution in [2.75, 3.05) is 19.0 Å². The molecule has 0 radical (unpaired) electrons. The molecule has 0 bridgehead atoms. The summed E-state index contributed by atoms with van der Waals surface area (Å²) in [7, 11) is 3.88. The minimum atomic E-state index is -0.316. The highest BCUT2D eigenvalue weighted by Crippen LogP contribution is 2.37. The van der Waals surface area contributed by atoms with Gasteiger partial charge in [0.2, 0.25) is 0 Å². The van der Waals surface area contributed by atoms with Crippen LogP contribution in [-0.2, 0) is 0 Å². The summed E-state index contributed by atoms with van der Waals surface area (Å²) < 4.78 is 0. The predicted octanol–water partition coefficient (Wildman–Crippen LogP) is 4.78. The Kier molecular flexibility index (Phi) is 4.78. The molecule has 144 valence electrons. The van der Waals surface area contributed by atoms with Crippen molar-refractivity contribution in [3.8, 4) is 16.9 Å². The van der Waals surface area contributed by atoms with Gasteiger partial charge in [0.05, 0.1) is 23.1 Å². The van der Waals surface area contributed by atoms with Crippen LogP contribution in [0, 0.1) is 0 Å². The fourth-order valence-electron chi connectivity index (χ4n) is 3.04. The van der Waals surface area contributed by atoms with E-state index in [0.717, 1.165) is 16.9 Å². The lowest BCUT2D eigenvalue weighted by molar-refractivity contribution is 0.480. The Bertz CT molecular complexity index is 1260. The van der Waals surface area contributed by atoms with Crippen molar-refractivity contribution in [3.05, 3.63) is 77.3 Å². The maximum Gasteiger partial charge on any atom is 0.258 e. The van der Waals surface area contributed by atoms with E-state index < -0.39 is 0 Å². The summed E-state index contributed by atoms with van der Waals surface area (Å²) in [5, 5.41) is 19.5. The molecule has 0 aliphatic carbocycles. The summed E-state index contributed by atoms with van der Waals surface area (Å²) in [4.78, 5) is 20.8. The zero-order chi connectivity index (χ0) is 20.4. The summed E-state index contributed by atoms with van der Waals surface area (Å²) >= 11 is 0. The van der Waals surface area contributed by atoms with Crippen LogP contribution in [0.2, 0.25) is 0 Å². The van der Waals surface area contributed by atoms with Crippen LogP contribution in [0.4, 0.5) is 17.1 Å². The quantitative estimate of drug-likeness (QED) is 0.495. The first-order valence-corrected chi connectivity index (χ1v) is 9.02. The number of nitrogens with one attached hydrogen (secondary N) is 1. The number of azo groups is 1. The summed E-state index contributed by atoms with van der Waals surface area (Å²) in [6, 6.07) is 18.5. The van der Waals surface area contributed by atoms with Crippen LogP contribution in [0.1, 0.15) is 0 Å². The molecular weight excluding hydrogens is 366 g/mol. The average molecular weight is 385 g/mol. The van der Waals surface area contributed by atoms with Gasteiger partial charge in [0.15, 0.2) is 0 Å². The third-order valence-electron chi connectivity index (χ3n) is 4.56. The Morgan fingerprint density at radius 1 is 1.00 bits per heavy atom. The summed E-state index contributed by atoms with van der Waals surface area (Å²) in [6.07, 6.45) is 1.27. The van der Waals surface area contributed by atoms with E-state index in [-0.39, 0.29) is 16.8 Å². The van der Waals surface area contributed by atoms with Gasteiger partial charge in [0.25, 0.3) is 5.56 Å². The normalized spacial score (nSPS) is 11.2. The van der Waals surface area contributed by atoms with Crippen molar-refractivity contribution in [1.29, 1.82) is 0 Å². The first-order chi connectivity index (χ1) is 14.0. The predicted molar refractivity (Wildman–Crippen MR) is 114 cm³/mol. The van der Waals surface area contributed by atoms with Crippen molar-refractivity contribution in [3.63, 3.8) is 0 Å². The number of aromatic nitrogens is 2. The smallest absolute Gasteiger partial charge is 0.258 e. The van der Waals surface area contributed by atoms with E-state index in [0.29, 0.717) is 16.6 Å². The molecule has 0 unspecified atom stereocenters. The zero-order valence-corrected chi connectivity index (χ0v) is 16.0. The Hall–Kier alpha value is -4.00. The van der Waals surface area contributed by atoms with E-state index in [1.165, 1.54) is 6.33 Å². The zero-order valence-electron chi connectivity index (χ0n) is 16.0. The second-order valence-corrected chi connectivity index (χ2v) is 6.75. The van der Waals surface area contributed by atoms with Crippen molar-refractivity contribution in [1.82, 2.24) is 9.97 Å². The molecule has 0 aliphatic heterocycles. The topological polar surface area (TPSA) is 93.9 Å². The molecule has 1 aromatic heterocycles. The number of rotatable bonds is 4. The number of phenols is 1. The van der Waals surface area contributed by atoms with Crippen LogP contribution < -0.4 is 10.5 Å². The molecule has 4 aromatic rings. The van der Waals surface area contributed by atoms with Crippen molar-refractivity contribution >= 4 is 28.0 Å². The molecule has 7 nitrogen and oxygen atoms in total. The summed E-state index contributed by atoms with van der Waals surface area (Å²) in [6.45, 7) is 0. The number of phenolic OH excluding ortho intramolecular Hbond substituents is 1. The van der Waals surface area contributed by atoms with E-state index in [9.17, 15) is 9.90 Å². The Balaban J connectivity index is 1.90. The van der Waals surface area contributed by atoms with E-state index in [1.54, 1.807) is 12.1 Å². The first-order valence-electron chi connectivity index (χ1n) is 9.02. The fourth-order valence-corrected chi connectivity index (χ4v) is 3.04. The van der Waals surface area contributed by atoms with E-state index in [1.807, 2.05) is 67.5 Å². The first kappa shape index (κ1) is 18.4. The summed E-state index contributed by atoms with van der Waals surface area (Å²) in [5.41, 5.74) is 3.65. The van der Waals surface area contributed by atoms with Crippen molar-refractivity contribution < 1.29 is 5.11 Å². The lowest BCUT2D eigenvalue weighted by Crippen LogP contribution is -2.08. The standard InChI is InChI=1S/C22H19N5O2/c1-27(2)16-8-9-19(26-25-15-6-4-3-5-7-15)17(12-16)14-10-18-21(20(28)11-14)23-13-24-22(18)29/h3-13,28H,1-2H3,(H,23,24,29). The van der Waals surface area contributed by atoms with Gasteiger partial charge in [-0.25, -0.2) is 4.98 Å². The lowest BCUT2D eigenvalue weighted by atomic mass is 10.0. The van der Waals surface area contributed by atoms with Crippen molar-refractivity contribution in [2.45, 2.75) is 0 Å². The highest BCUT2D eigenvalue weighted by atomic mass is 16.3. The molecule has 4 rings (SSSR count). The molecule has 0 amide bonds. The van der Waals surface area contributed by atoms with Crippen LogP contribution >= 0.6 is 0 Å². The Morgan fingerprint density at radius 3 is 2.55 bits per heavy atom.